The van der Waals surface area contributed by atoms with Crippen molar-refractivity contribution < 1.29 is 9.53 Å². The zero-order valence-electron chi connectivity index (χ0n) is 22.5. The molecule has 0 saturated heterocycles. The summed E-state index contributed by atoms with van der Waals surface area (Å²) in [6.45, 7) is 5.33. The Hall–Kier alpha value is -2.61. The van der Waals surface area contributed by atoms with Crippen molar-refractivity contribution in [1.82, 2.24) is 25.5 Å². The smallest absolute Gasteiger partial charge is 0.234 e. The number of rotatable bonds is 11. The van der Waals surface area contributed by atoms with E-state index in [0.717, 1.165) is 12.1 Å². The van der Waals surface area contributed by atoms with Gasteiger partial charge in [0.05, 0.1) is 33.8 Å². The third-order valence-electron chi connectivity index (χ3n) is 6.88. The summed E-state index contributed by atoms with van der Waals surface area (Å²) < 4.78 is 7.49. The lowest BCUT2D eigenvalue weighted by molar-refractivity contribution is -0.113. The Labute approximate surface area is 248 Å². The molecule has 2 fully saturated rings. The van der Waals surface area contributed by atoms with Crippen LogP contribution >= 0.6 is 35.0 Å². The Morgan fingerprint density at radius 3 is 2.67 bits per heavy atom. The summed E-state index contributed by atoms with van der Waals surface area (Å²) in [5, 5.41) is 19.7. The van der Waals surface area contributed by atoms with Gasteiger partial charge in [-0.15, -0.1) is 5.10 Å². The van der Waals surface area contributed by atoms with Crippen LogP contribution in [0.15, 0.2) is 41.6 Å². The van der Waals surface area contributed by atoms with Gasteiger partial charge in [-0.05, 0) is 91.8 Å². The highest BCUT2D eigenvalue weighted by molar-refractivity contribution is 7.99. The van der Waals surface area contributed by atoms with Crippen LogP contribution in [0.4, 0.5) is 5.69 Å². The number of halogens is 2. The molecule has 3 aromatic rings. The fourth-order valence-corrected chi connectivity index (χ4v) is 5.42. The van der Waals surface area contributed by atoms with Crippen LogP contribution in [0.2, 0.25) is 10.0 Å². The Balaban J connectivity index is 1.12. The summed E-state index contributed by atoms with van der Waals surface area (Å²) in [7, 11) is 0. The van der Waals surface area contributed by atoms with E-state index in [1.54, 1.807) is 16.8 Å². The van der Waals surface area contributed by atoms with Crippen LogP contribution in [0.25, 0.3) is 5.69 Å². The van der Waals surface area contributed by atoms with E-state index in [0.29, 0.717) is 45.1 Å². The zero-order valence-corrected chi connectivity index (χ0v) is 24.9. The van der Waals surface area contributed by atoms with Gasteiger partial charge in [0.25, 0.3) is 0 Å². The van der Waals surface area contributed by atoms with Gasteiger partial charge in [-0.1, -0.05) is 59.3 Å². The molecule has 2 N–H and O–H groups in total. The number of hydrogen-bond acceptors (Lipinski definition) is 7. The average Bonchev–Trinajstić information content (AvgIpc) is 3.64. The van der Waals surface area contributed by atoms with Crippen molar-refractivity contribution >= 4 is 46.6 Å². The van der Waals surface area contributed by atoms with Crippen molar-refractivity contribution in [2.45, 2.75) is 68.7 Å². The number of thioether (sulfide) groups is 1. The molecule has 5 rings (SSSR count). The van der Waals surface area contributed by atoms with Crippen LogP contribution in [0.1, 0.15) is 63.0 Å². The standard InChI is InChI=1S/C29H32Cl2N6O2S/c1-29(2,39-15-14-32-22-4-3-5-22)13-12-19-6-10-25(23(30)16-19)33-27(38)18-40-28-34-35-36-37(28)26-11-9-21(17-24(26)31)20-7-8-20/h6,9-11,16-17,20,22,32H,3-5,7-8,14-15,18H2,1-2H3,(H,33,38). The molecule has 2 saturated carbocycles. The Kier molecular flexibility index (Phi) is 9.34. The molecule has 2 aliphatic carbocycles. The quantitative estimate of drug-likeness (QED) is 0.162. The first-order valence-electron chi connectivity index (χ1n) is 13.5. The topological polar surface area (TPSA) is 94.0 Å². The molecule has 210 valence electrons. The molecule has 1 heterocycles. The van der Waals surface area contributed by atoms with Crippen LogP contribution in [-0.2, 0) is 9.53 Å². The minimum absolute atomic E-state index is 0.0944. The second-order valence-corrected chi connectivity index (χ2v) is 12.3. The van der Waals surface area contributed by atoms with Gasteiger partial charge in [-0.3, -0.25) is 4.79 Å². The normalized spacial score (nSPS) is 15.3. The second-order valence-electron chi connectivity index (χ2n) is 10.6. The van der Waals surface area contributed by atoms with Crippen LogP contribution in [0.3, 0.4) is 0 Å². The lowest BCUT2D eigenvalue weighted by Crippen LogP contribution is -2.38. The molecule has 8 nitrogen and oxygen atoms in total. The van der Waals surface area contributed by atoms with Crippen molar-refractivity contribution in [3.8, 4) is 17.5 Å². The third-order valence-corrected chi connectivity index (χ3v) is 8.41. The van der Waals surface area contributed by atoms with E-state index in [1.165, 1.54) is 49.4 Å². The third kappa shape index (κ3) is 7.77. The number of carbonyl (C=O) groups excluding carboxylic acids is 1. The SMILES string of the molecule is CC(C)(C#Cc1ccc(NC(=O)CSc2nnnn2-c2ccc(C3CC3)cc2Cl)c(Cl)c1)OCCNC1CCC1. The van der Waals surface area contributed by atoms with E-state index < -0.39 is 5.60 Å². The molecule has 0 radical (unpaired) electrons. The predicted octanol–water partition coefficient (Wildman–Crippen LogP) is 5.87. The van der Waals surface area contributed by atoms with Crippen LogP contribution in [-0.4, -0.2) is 56.7 Å². The number of tetrazole rings is 1. The summed E-state index contributed by atoms with van der Waals surface area (Å²) >= 11 is 14.2. The number of aromatic nitrogens is 4. The number of amides is 1. The number of nitrogens with one attached hydrogen (secondary N) is 2. The van der Waals surface area contributed by atoms with Crippen molar-refractivity contribution in [3.63, 3.8) is 0 Å². The van der Waals surface area contributed by atoms with E-state index in [9.17, 15) is 4.79 Å². The van der Waals surface area contributed by atoms with Gasteiger partial charge in [0.15, 0.2) is 0 Å². The first-order chi connectivity index (χ1) is 19.3. The highest BCUT2D eigenvalue weighted by Gasteiger charge is 2.25. The highest BCUT2D eigenvalue weighted by atomic mass is 35.5. The molecule has 1 aromatic heterocycles. The monoisotopic (exact) mass is 598 g/mol. The Bertz CT molecular complexity index is 1430. The maximum absolute atomic E-state index is 12.7. The number of hydrogen-bond donors (Lipinski definition) is 2. The maximum Gasteiger partial charge on any atom is 0.234 e. The highest BCUT2D eigenvalue weighted by Crippen LogP contribution is 2.41. The fraction of sp³-hybridized carbons (Fsp3) is 0.448. The summed E-state index contributed by atoms with van der Waals surface area (Å²) in [6.07, 6.45) is 6.21. The minimum atomic E-state index is -0.587. The minimum Gasteiger partial charge on any atom is -0.362 e. The van der Waals surface area contributed by atoms with Crippen molar-refractivity contribution in [2.24, 2.45) is 0 Å². The van der Waals surface area contributed by atoms with Crippen molar-refractivity contribution in [1.29, 1.82) is 0 Å². The van der Waals surface area contributed by atoms with Gasteiger partial charge >= 0.3 is 0 Å². The van der Waals surface area contributed by atoms with E-state index >= 15 is 0 Å². The zero-order chi connectivity index (χ0) is 28.1. The second kappa shape index (κ2) is 12.9. The van der Waals surface area contributed by atoms with Gasteiger partial charge < -0.3 is 15.4 Å². The molecule has 0 bridgehead atoms. The maximum atomic E-state index is 12.7. The first kappa shape index (κ1) is 28.9. The molecule has 0 atom stereocenters. The van der Waals surface area contributed by atoms with Crippen LogP contribution < -0.4 is 10.6 Å². The van der Waals surface area contributed by atoms with Crippen LogP contribution in [0, 0.1) is 11.8 Å². The molecule has 2 aromatic carbocycles. The lowest BCUT2D eigenvalue weighted by Gasteiger charge is -2.27. The average molecular weight is 600 g/mol. The van der Waals surface area contributed by atoms with Crippen LogP contribution in [0.5, 0.6) is 0 Å². The molecule has 1 amide bonds. The summed E-state index contributed by atoms with van der Waals surface area (Å²) in [5.41, 5.74) is 2.57. The molecular weight excluding hydrogens is 567 g/mol. The predicted molar refractivity (Wildman–Crippen MR) is 159 cm³/mol. The molecular formula is C29H32Cl2N6O2S. The van der Waals surface area contributed by atoms with E-state index in [1.807, 2.05) is 32.0 Å². The molecule has 0 unspecified atom stereocenters. The molecule has 2 aliphatic rings. The van der Waals surface area contributed by atoms with Gasteiger partial charge in [-0.25, -0.2) is 0 Å². The molecule has 0 spiro atoms. The van der Waals surface area contributed by atoms with E-state index in [4.69, 9.17) is 27.9 Å². The van der Waals surface area contributed by atoms with Gasteiger partial charge in [0, 0.05) is 18.2 Å². The lowest BCUT2D eigenvalue weighted by atomic mass is 9.93. The first-order valence-corrected chi connectivity index (χ1v) is 15.2. The fourth-order valence-electron chi connectivity index (χ4n) is 4.24. The Morgan fingerprint density at radius 2 is 1.98 bits per heavy atom. The van der Waals surface area contributed by atoms with Gasteiger partial charge in [-0.2, -0.15) is 4.68 Å². The number of nitrogens with zero attached hydrogens (tertiary/aromatic N) is 4. The summed E-state index contributed by atoms with van der Waals surface area (Å²) in [6, 6.07) is 11.9. The van der Waals surface area contributed by atoms with E-state index in [-0.39, 0.29) is 11.7 Å². The molecule has 40 heavy (non-hydrogen) atoms. The number of ether oxygens (including phenoxy) is 1. The Morgan fingerprint density at radius 1 is 1.15 bits per heavy atom. The largest absolute Gasteiger partial charge is 0.362 e. The number of anilines is 1. The summed E-state index contributed by atoms with van der Waals surface area (Å²) in [5.74, 6) is 6.75. The summed E-state index contributed by atoms with van der Waals surface area (Å²) in [4.78, 5) is 12.7. The number of carbonyl (C=O) groups is 1. The molecule has 11 heteroatoms. The van der Waals surface area contributed by atoms with Crippen molar-refractivity contribution in [2.75, 3.05) is 24.2 Å². The van der Waals surface area contributed by atoms with E-state index in [2.05, 4.69) is 44.1 Å². The van der Waals surface area contributed by atoms with Gasteiger partial charge in [0.1, 0.15) is 5.60 Å². The van der Waals surface area contributed by atoms with Crippen molar-refractivity contribution in [3.05, 3.63) is 57.6 Å². The number of benzene rings is 2. The van der Waals surface area contributed by atoms with Gasteiger partial charge in [0.2, 0.25) is 11.1 Å². The molecule has 0 aliphatic heterocycles.